The molecule has 0 unspecified atom stereocenters. The lowest BCUT2D eigenvalue weighted by Gasteiger charge is -2.18. The molecule has 0 saturated carbocycles. The summed E-state index contributed by atoms with van der Waals surface area (Å²) in [6.45, 7) is 0. The second-order valence-electron chi connectivity index (χ2n) is 2.62. The highest BCUT2D eigenvalue weighted by molar-refractivity contribution is 7.92. The molecule has 1 aromatic carbocycles. The van der Waals surface area contributed by atoms with Gasteiger partial charge in [0, 0.05) is 11.1 Å². The largest absolute Gasteiger partial charge is 0.474 e. The molecule has 1 aromatic rings. The van der Waals surface area contributed by atoms with Gasteiger partial charge in [0.15, 0.2) is 0 Å². The van der Waals surface area contributed by atoms with Gasteiger partial charge in [-0.05, 0) is 12.1 Å². The highest BCUT2D eigenvalue weighted by Crippen LogP contribution is 2.31. The van der Waals surface area contributed by atoms with Gasteiger partial charge in [-0.1, -0.05) is 11.6 Å². The number of benzene rings is 1. The average Bonchev–Trinajstić information content (AvgIpc) is 2.05. The Labute approximate surface area is 80.5 Å². The van der Waals surface area contributed by atoms with E-state index in [0.29, 0.717) is 16.5 Å². The zero-order chi connectivity index (χ0) is 9.47. The Bertz CT molecular complexity index is 443. The number of halogens is 1. The average molecular weight is 220 g/mol. The molecule has 0 fully saturated rings. The van der Waals surface area contributed by atoms with E-state index in [4.69, 9.17) is 16.3 Å². The maximum atomic E-state index is 11.0. The van der Waals surface area contributed by atoms with Crippen molar-refractivity contribution in [2.75, 3.05) is 10.7 Å². The minimum absolute atomic E-state index is 0.361. The SMILES string of the molecule is O=S1(=O)COc2cc(Cl)ccc2N1. The number of fused-ring (bicyclic) bond motifs is 1. The summed E-state index contributed by atoms with van der Waals surface area (Å²) in [7, 11) is -3.32. The van der Waals surface area contributed by atoms with Gasteiger partial charge in [-0.25, -0.2) is 8.42 Å². The zero-order valence-electron chi connectivity index (χ0n) is 6.45. The third-order valence-corrected chi connectivity index (χ3v) is 2.77. The van der Waals surface area contributed by atoms with E-state index < -0.39 is 10.0 Å². The summed E-state index contributed by atoms with van der Waals surface area (Å²) in [5.74, 6) is 0.0997. The van der Waals surface area contributed by atoms with E-state index in [9.17, 15) is 8.42 Å². The number of ether oxygens (including phenoxy) is 1. The Balaban J connectivity index is 2.48. The van der Waals surface area contributed by atoms with Crippen molar-refractivity contribution in [2.45, 2.75) is 0 Å². The predicted octanol–water partition coefficient (Wildman–Crippen LogP) is 1.43. The van der Waals surface area contributed by atoms with Crippen molar-refractivity contribution in [2.24, 2.45) is 0 Å². The van der Waals surface area contributed by atoms with Crippen LogP contribution in [0.4, 0.5) is 5.69 Å². The van der Waals surface area contributed by atoms with Crippen LogP contribution in [0, 0.1) is 0 Å². The summed E-state index contributed by atoms with van der Waals surface area (Å²) in [6.07, 6.45) is 0. The van der Waals surface area contributed by atoms with Crippen molar-refractivity contribution in [1.29, 1.82) is 0 Å². The first-order valence-corrected chi connectivity index (χ1v) is 5.53. The minimum atomic E-state index is -3.32. The molecule has 1 aliphatic heterocycles. The molecule has 4 nitrogen and oxygen atoms in total. The lowest BCUT2D eigenvalue weighted by Crippen LogP contribution is -2.25. The van der Waals surface area contributed by atoms with Crippen LogP contribution in [0.1, 0.15) is 0 Å². The Morgan fingerprint density at radius 3 is 3.00 bits per heavy atom. The van der Waals surface area contributed by atoms with Crippen LogP contribution in [0.15, 0.2) is 18.2 Å². The van der Waals surface area contributed by atoms with Gasteiger partial charge in [0.05, 0.1) is 5.69 Å². The number of hydrogen-bond donors (Lipinski definition) is 1. The second-order valence-corrected chi connectivity index (χ2v) is 4.73. The van der Waals surface area contributed by atoms with E-state index in [1.807, 2.05) is 0 Å². The van der Waals surface area contributed by atoms with Gasteiger partial charge >= 0.3 is 0 Å². The standard InChI is InChI=1S/C7H6ClNO3S/c8-5-1-2-6-7(3-5)12-4-13(10,11)9-6/h1-3,9H,4H2. The van der Waals surface area contributed by atoms with Gasteiger partial charge in [-0.3, -0.25) is 4.72 Å². The van der Waals surface area contributed by atoms with Gasteiger partial charge < -0.3 is 4.74 Å². The van der Waals surface area contributed by atoms with Gasteiger partial charge in [-0.2, -0.15) is 0 Å². The summed E-state index contributed by atoms with van der Waals surface area (Å²) in [4.78, 5) is 0. The number of anilines is 1. The lowest BCUT2D eigenvalue weighted by atomic mass is 10.3. The lowest BCUT2D eigenvalue weighted by molar-refractivity contribution is 0.374. The van der Waals surface area contributed by atoms with Gasteiger partial charge in [0.1, 0.15) is 5.75 Å². The molecule has 0 aliphatic carbocycles. The highest BCUT2D eigenvalue weighted by atomic mass is 35.5. The Morgan fingerprint density at radius 2 is 2.23 bits per heavy atom. The molecule has 0 radical (unpaired) electrons. The summed E-state index contributed by atoms with van der Waals surface area (Å²) in [6, 6.07) is 4.73. The van der Waals surface area contributed by atoms with E-state index >= 15 is 0 Å². The van der Waals surface area contributed by atoms with Crippen molar-refractivity contribution in [3.8, 4) is 5.75 Å². The Morgan fingerprint density at radius 1 is 1.46 bits per heavy atom. The first-order valence-electron chi connectivity index (χ1n) is 3.50. The normalized spacial score (nSPS) is 18.2. The van der Waals surface area contributed by atoms with Crippen LogP contribution in [0.2, 0.25) is 5.02 Å². The first-order chi connectivity index (χ1) is 6.07. The molecule has 0 bridgehead atoms. The maximum absolute atomic E-state index is 11.0. The molecule has 6 heteroatoms. The van der Waals surface area contributed by atoms with Crippen molar-refractivity contribution in [3.63, 3.8) is 0 Å². The number of nitrogens with one attached hydrogen (secondary N) is 1. The van der Waals surface area contributed by atoms with Gasteiger partial charge in [-0.15, -0.1) is 0 Å². The maximum Gasteiger partial charge on any atom is 0.268 e. The molecule has 0 atom stereocenters. The molecule has 1 aliphatic rings. The van der Waals surface area contributed by atoms with Crippen molar-refractivity contribution < 1.29 is 13.2 Å². The van der Waals surface area contributed by atoms with Crippen LogP contribution < -0.4 is 9.46 Å². The predicted molar refractivity (Wildman–Crippen MR) is 49.5 cm³/mol. The summed E-state index contributed by atoms with van der Waals surface area (Å²) in [5.41, 5.74) is 0.427. The van der Waals surface area contributed by atoms with E-state index in [1.165, 1.54) is 0 Å². The molecule has 0 saturated heterocycles. The molecular weight excluding hydrogens is 214 g/mol. The molecule has 0 amide bonds. The van der Waals surface area contributed by atoms with Crippen LogP contribution in [0.25, 0.3) is 0 Å². The third kappa shape index (κ3) is 1.71. The van der Waals surface area contributed by atoms with Crippen LogP contribution >= 0.6 is 11.6 Å². The fraction of sp³-hybridized carbons (Fsp3) is 0.143. The molecule has 1 heterocycles. The van der Waals surface area contributed by atoms with E-state index in [1.54, 1.807) is 18.2 Å². The molecule has 13 heavy (non-hydrogen) atoms. The van der Waals surface area contributed by atoms with Gasteiger partial charge in [0.25, 0.3) is 10.0 Å². The molecule has 0 aromatic heterocycles. The monoisotopic (exact) mass is 219 g/mol. The van der Waals surface area contributed by atoms with Crippen LogP contribution in [-0.2, 0) is 10.0 Å². The highest BCUT2D eigenvalue weighted by Gasteiger charge is 2.20. The fourth-order valence-electron chi connectivity index (χ4n) is 1.04. The third-order valence-electron chi connectivity index (χ3n) is 1.58. The quantitative estimate of drug-likeness (QED) is 0.718. The summed E-state index contributed by atoms with van der Waals surface area (Å²) >= 11 is 5.69. The van der Waals surface area contributed by atoms with Crippen molar-refractivity contribution >= 4 is 27.3 Å². The van der Waals surface area contributed by atoms with Crippen molar-refractivity contribution in [1.82, 2.24) is 0 Å². The van der Waals surface area contributed by atoms with Crippen molar-refractivity contribution in [3.05, 3.63) is 23.2 Å². The Kier molecular flexibility index (Phi) is 1.85. The number of hydrogen-bond acceptors (Lipinski definition) is 3. The molecule has 0 spiro atoms. The Hall–Kier alpha value is -0.940. The summed E-state index contributed by atoms with van der Waals surface area (Å²) in [5, 5.41) is 0.514. The van der Waals surface area contributed by atoms with Crippen LogP contribution in [0.5, 0.6) is 5.75 Å². The number of rotatable bonds is 0. The molecule has 2 rings (SSSR count). The fourth-order valence-corrected chi connectivity index (χ4v) is 2.04. The zero-order valence-corrected chi connectivity index (χ0v) is 8.02. The molecule has 70 valence electrons. The van der Waals surface area contributed by atoms with E-state index in [2.05, 4.69) is 4.72 Å². The van der Waals surface area contributed by atoms with E-state index in [-0.39, 0.29) is 5.94 Å². The minimum Gasteiger partial charge on any atom is -0.474 e. The topological polar surface area (TPSA) is 55.4 Å². The summed E-state index contributed by atoms with van der Waals surface area (Å²) < 4.78 is 29.4. The molecule has 1 N–H and O–H groups in total. The second kappa shape index (κ2) is 2.78. The number of sulfonamides is 1. The molecular formula is C7H6ClNO3S. The first kappa shape index (κ1) is 8.65. The van der Waals surface area contributed by atoms with Crippen LogP contribution in [-0.4, -0.2) is 14.4 Å². The van der Waals surface area contributed by atoms with Crippen LogP contribution in [0.3, 0.4) is 0 Å². The smallest absolute Gasteiger partial charge is 0.268 e. The van der Waals surface area contributed by atoms with Gasteiger partial charge in [0.2, 0.25) is 5.94 Å². The van der Waals surface area contributed by atoms with E-state index in [0.717, 1.165) is 0 Å².